The van der Waals surface area contributed by atoms with E-state index < -0.39 is 10.8 Å². The predicted octanol–water partition coefficient (Wildman–Crippen LogP) is 0.655. The van der Waals surface area contributed by atoms with Crippen molar-refractivity contribution in [3.8, 4) is 0 Å². The maximum atomic E-state index is 11.0. The van der Waals surface area contributed by atoms with Crippen molar-refractivity contribution in [2.24, 2.45) is 0 Å². The van der Waals surface area contributed by atoms with Gasteiger partial charge < -0.3 is 5.32 Å². The first-order valence-corrected chi connectivity index (χ1v) is 5.66. The Morgan fingerprint density at radius 3 is 3.00 bits per heavy atom. The fourth-order valence-corrected chi connectivity index (χ4v) is 1.08. The third-order valence-corrected chi connectivity index (χ3v) is 3.01. The van der Waals surface area contributed by atoms with Crippen molar-refractivity contribution in [1.29, 1.82) is 0 Å². The van der Waals surface area contributed by atoms with E-state index in [-0.39, 0.29) is 5.25 Å². The summed E-state index contributed by atoms with van der Waals surface area (Å²) in [5.41, 5.74) is 0. The van der Waals surface area contributed by atoms with E-state index in [1.165, 1.54) is 0 Å². The summed E-state index contributed by atoms with van der Waals surface area (Å²) in [5, 5.41) is 10.8. The Kier molecular flexibility index (Phi) is 3.82. The molecule has 0 saturated carbocycles. The highest BCUT2D eigenvalue weighted by Gasteiger charge is 2.05. The summed E-state index contributed by atoms with van der Waals surface area (Å²) in [7, 11) is -0.795. The van der Waals surface area contributed by atoms with E-state index in [9.17, 15) is 4.21 Å². The molecule has 13 heavy (non-hydrogen) atoms. The van der Waals surface area contributed by atoms with E-state index in [0.29, 0.717) is 6.54 Å². The van der Waals surface area contributed by atoms with Gasteiger partial charge in [-0.1, -0.05) is 0 Å². The quantitative estimate of drug-likeness (QED) is 0.773. The van der Waals surface area contributed by atoms with Crippen molar-refractivity contribution >= 4 is 16.6 Å². The lowest BCUT2D eigenvalue weighted by Gasteiger charge is -2.09. The second kappa shape index (κ2) is 4.91. The lowest BCUT2D eigenvalue weighted by atomic mass is 10.4. The molecule has 1 heterocycles. The number of hydrogen-bond acceptors (Lipinski definition) is 4. The van der Waals surface area contributed by atoms with E-state index in [2.05, 4.69) is 15.5 Å². The monoisotopic (exact) mass is 199 g/mol. The summed E-state index contributed by atoms with van der Waals surface area (Å²) in [6.45, 7) is 2.58. The molecule has 1 N–H and O–H groups in total. The van der Waals surface area contributed by atoms with Gasteiger partial charge in [0.15, 0.2) is 0 Å². The third-order valence-electron chi connectivity index (χ3n) is 1.71. The van der Waals surface area contributed by atoms with Crippen LogP contribution >= 0.6 is 0 Å². The van der Waals surface area contributed by atoms with Crippen molar-refractivity contribution in [1.82, 2.24) is 10.2 Å². The molecule has 0 aliphatic carbocycles. The highest BCUT2D eigenvalue weighted by Crippen LogP contribution is 1.99. The molecule has 5 heteroatoms. The molecular weight excluding hydrogens is 186 g/mol. The minimum Gasteiger partial charge on any atom is -0.367 e. The zero-order valence-electron chi connectivity index (χ0n) is 7.73. The first kappa shape index (κ1) is 10.1. The van der Waals surface area contributed by atoms with Crippen molar-refractivity contribution < 1.29 is 4.21 Å². The van der Waals surface area contributed by atoms with Crippen molar-refractivity contribution in [2.45, 2.75) is 12.2 Å². The molecule has 0 aliphatic heterocycles. The summed E-state index contributed by atoms with van der Waals surface area (Å²) < 4.78 is 11.0. The molecule has 0 aromatic carbocycles. The van der Waals surface area contributed by atoms with Crippen molar-refractivity contribution in [3.05, 3.63) is 18.3 Å². The predicted molar refractivity (Wildman–Crippen MR) is 54.1 cm³/mol. The van der Waals surface area contributed by atoms with E-state index in [4.69, 9.17) is 0 Å². The minimum atomic E-state index is -0.795. The molecule has 1 rings (SSSR count). The Morgan fingerprint density at radius 2 is 2.46 bits per heavy atom. The van der Waals surface area contributed by atoms with Crippen LogP contribution in [0.3, 0.4) is 0 Å². The second-order valence-electron chi connectivity index (χ2n) is 2.80. The fourth-order valence-electron chi connectivity index (χ4n) is 0.761. The summed E-state index contributed by atoms with van der Waals surface area (Å²) in [4.78, 5) is 0. The highest BCUT2D eigenvalue weighted by molar-refractivity contribution is 7.84. The molecule has 4 nitrogen and oxygen atoms in total. The van der Waals surface area contributed by atoms with Crippen LogP contribution in [-0.4, -0.2) is 32.5 Å². The molecule has 72 valence electrons. The first-order valence-electron chi connectivity index (χ1n) is 4.04. The van der Waals surface area contributed by atoms with Gasteiger partial charge in [0, 0.05) is 35.0 Å². The van der Waals surface area contributed by atoms with Crippen LogP contribution in [0.4, 0.5) is 5.82 Å². The average Bonchev–Trinajstić information content (AvgIpc) is 2.15. The van der Waals surface area contributed by atoms with Gasteiger partial charge in [-0.05, 0) is 19.1 Å². The molecular formula is C8H13N3OS. The summed E-state index contributed by atoms with van der Waals surface area (Å²) in [6, 6.07) is 3.64. The molecule has 0 saturated heterocycles. The maximum absolute atomic E-state index is 11.0. The number of aromatic nitrogens is 2. The minimum absolute atomic E-state index is 0.127. The third kappa shape index (κ3) is 3.50. The summed E-state index contributed by atoms with van der Waals surface area (Å²) >= 11 is 0. The van der Waals surface area contributed by atoms with Gasteiger partial charge in [-0.2, -0.15) is 5.10 Å². The number of anilines is 1. The van der Waals surface area contributed by atoms with Crippen LogP contribution in [0.15, 0.2) is 18.3 Å². The van der Waals surface area contributed by atoms with Gasteiger partial charge in [-0.25, -0.2) is 0 Å². The Balaban J connectivity index is 2.39. The smallest absolute Gasteiger partial charge is 0.148 e. The molecule has 2 unspecified atom stereocenters. The normalized spacial score (nSPS) is 14.9. The van der Waals surface area contributed by atoms with Gasteiger partial charge in [0.05, 0.1) is 0 Å². The van der Waals surface area contributed by atoms with Gasteiger partial charge in [0.1, 0.15) is 5.82 Å². The number of hydrogen-bond donors (Lipinski definition) is 1. The van der Waals surface area contributed by atoms with E-state index in [1.54, 1.807) is 12.5 Å². The topological polar surface area (TPSA) is 54.9 Å². The number of nitrogens with zero attached hydrogens (tertiary/aromatic N) is 2. The molecule has 1 aromatic heterocycles. The molecule has 1 aromatic rings. The van der Waals surface area contributed by atoms with Crippen LogP contribution in [0.5, 0.6) is 0 Å². The number of rotatable bonds is 4. The zero-order valence-corrected chi connectivity index (χ0v) is 8.54. The Morgan fingerprint density at radius 1 is 1.69 bits per heavy atom. The molecule has 0 radical (unpaired) electrons. The van der Waals surface area contributed by atoms with Crippen LogP contribution in [0.1, 0.15) is 6.92 Å². The average molecular weight is 199 g/mol. The molecule has 0 spiro atoms. The van der Waals surface area contributed by atoms with E-state index in [1.807, 2.05) is 19.1 Å². The number of nitrogens with one attached hydrogen (secondary N) is 1. The van der Waals surface area contributed by atoms with Crippen LogP contribution in [0.25, 0.3) is 0 Å². The lowest BCUT2D eigenvalue weighted by molar-refractivity contribution is 0.678. The Bertz CT molecular complexity index is 278. The standard InChI is InChI=1S/C8H13N3OS/c1-7(13(2)12)6-9-8-4-3-5-10-11-8/h3-5,7H,6H2,1-2H3,(H,9,11). The first-order chi connectivity index (χ1) is 6.20. The van der Waals surface area contributed by atoms with Gasteiger partial charge in [-0.3, -0.25) is 4.21 Å². The van der Waals surface area contributed by atoms with Crippen LogP contribution in [0, 0.1) is 0 Å². The lowest BCUT2D eigenvalue weighted by Crippen LogP contribution is -2.21. The van der Waals surface area contributed by atoms with E-state index >= 15 is 0 Å². The second-order valence-corrected chi connectivity index (χ2v) is 4.60. The van der Waals surface area contributed by atoms with Crippen molar-refractivity contribution in [2.75, 3.05) is 18.1 Å². The Hall–Kier alpha value is -0.970. The Labute approximate surface area is 80.2 Å². The SMILES string of the molecule is CC(CNc1cccnn1)S(C)=O. The molecule has 0 aliphatic rings. The van der Waals surface area contributed by atoms with Crippen LogP contribution in [0.2, 0.25) is 0 Å². The molecule has 0 fully saturated rings. The van der Waals surface area contributed by atoms with Crippen molar-refractivity contribution in [3.63, 3.8) is 0 Å². The summed E-state index contributed by atoms with van der Waals surface area (Å²) in [5.74, 6) is 0.722. The summed E-state index contributed by atoms with van der Waals surface area (Å²) in [6.07, 6.45) is 3.32. The van der Waals surface area contributed by atoms with Crippen LogP contribution in [-0.2, 0) is 10.8 Å². The zero-order chi connectivity index (χ0) is 9.68. The van der Waals surface area contributed by atoms with Gasteiger partial charge in [0.25, 0.3) is 0 Å². The van der Waals surface area contributed by atoms with Gasteiger partial charge in [-0.15, -0.1) is 5.10 Å². The highest BCUT2D eigenvalue weighted by atomic mass is 32.2. The molecule has 0 amide bonds. The fraction of sp³-hybridized carbons (Fsp3) is 0.500. The van der Waals surface area contributed by atoms with E-state index in [0.717, 1.165) is 5.82 Å². The molecule has 0 bridgehead atoms. The maximum Gasteiger partial charge on any atom is 0.148 e. The van der Waals surface area contributed by atoms with Crippen LogP contribution < -0.4 is 5.32 Å². The largest absolute Gasteiger partial charge is 0.367 e. The van der Waals surface area contributed by atoms with Gasteiger partial charge >= 0.3 is 0 Å². The molecule has 2 atom stereocenters. The van der Waals surface area contributed by atoms with Gasteiger partial charge in [0.2, 0.25) is 0 Å².